The minimum absolute atomic E-state index is 0.0312. The van der Waals surface area contributed by atoms with Gasteiger partial charge in [0, 0.05) is 23.6 Å². The maximum atomic E-state index is 14.0. The van der Waals surface area contributed by atoms with E-state index >= 15 is 0 Å². The standard InChI is InChI=1S/C35H28O17/c36-12-22(41)31-32-24(11-25(50-31)33(44)45)51-35(48)17-7-15-9-19(38)20(39)10-16(15)27(28(17)34(46)47)14-2-5-23(21(40)8-14)49-30-13(3-6-26(42)52-32)1-4-18(37)29(30)43/h1-11,22,24,27-28,31-32,36-41,43H,12H2,(H,44,45)(H,46,47)/b6-3+/t22-,24+,27+,28+,31+,32+/m0/s1. The van der Waals surface area contributed by atoms with E-state index in [4.69, 9.17) is 18.9 Å². The van der Waals surface area contributed by atoms with Crippen molar-refractivity contribution in [1.82, 2.24) is 0 Å². The molecule has 7 rings (SSSR count). The van der Waals surface area contributed by atoms with E-state index in [1.807, 2.05) is 0 Å². The lowest BCUT2D eigenvalue weighted by atomic mass is 9.71. The number of aliphatic hydroxyl groups excluding tert-OH is 2. The fourth-order valence-electron chi connectivity index (χ4n) is 6.16. The summed E-state index contributed by atoms with van der Waals surface area (Å²) in [4.78, 5) is 52.2. The predicted octanol–water partition coefficient (Wildman–Crippen LogP) is 1.81. The Morgan fingerprint density at radius 2 is 1.54 bits per heavy atom. The zero-order chi connectivity index (χ0) is 37.6. The number of carbonyl (C=O) groups is 4. The number of hydrogen-bond donors (Lipinski definition) is 9. The highest BCUT2D eigenvalue weighted by Crippen LogP contribution is 2.49. The largest absolute Gasteiger partial charge is 0.504 e. The normalized spacial score (nSPS) is 23.6. The first-order chi connectivity index (χ1) is 24.7. The van der Waals surface area contributed by atoms with E-state index in [9.17, 15) is 65.1 Å². The predicted molar refractivity (Wildman–Crippen MR) is 171 cm³/mol. The Bertz CT molecular complexity index is 2100. The van der Waals surface area contributed by atoms with Crippen LogP contribution in [-0.4, -0.2) is 101 Å². The fraction of sp³-hybridized carbons (Fsp3) is 0.200. The number of fused-ring (bicyclic) bond motifs is 6. The molecule has 0 aromatic heterocycles. The maximum absolute atomic E-state index is 14.0. The van der Waals surface area contributed by atoms with Gasteiger partial charge in [0.2, 0.25) is 11.5 Å². The highest BCUT2D eigenvalue weighted by Gasteiger charge is 2.47. The first kappa shape index (κ1) is 35.1. The van der Waals surface area contributed by atoms with Crippen LogP contribution in [0.25, 0.3) is 12.2 Å². The maximum Gasteiger partial charge on any atom is 0.370 e. The van der Waals surface area contributed by atoms with Gasteiger partial charge in [0.25, 0.3) is 0 Å². The van der Waals surface area contributed by atoms with Crippen molar-refractivity contribution in [1.29, 1.82) is 0 Å². The Kier molecular flexibility index (Phi) is 9.14. The van der Waals surface area contributed by atoms with Crippen molar-refractivity contribution in [3.8, 4) is 40.2 Å². The number of carbonyl (C=O) groups excluding carboxylic acids is 2. The summed E-state index contributed by atoms with van der Waals surface area (Å²) < 4.78 is 22.1. The molecule has 270 valence electrons. The van der Waals surface area contributed by atoms with Gasteiger partial charge in [0.05, 0.1) is 18.1 Å². The number of aromatic hydroxyl groups is 5. The molecular weight excluding hydrogens is 692 g/mol. The molecule has 3 aromatic rings. The molecular formula is C35H28O17. The van der Waals surface area contributed by atoms with Crippen molar-refractivity contribution < 1.29 is 84.1 Å². The number of esters is 2. The molecule has 0 saturated carbocycles. The molecule has 9 N–H and O–H groups in total. The van der Waals surface area contributed by atoms with Gasteiger partial charge in [-0.2, -0.15) is 0 Å². The second-order valence-corrected chi connectivity index (χ2v) is 11.8. The third-order valence-corrected chi connectivity index (χ3v) is 8.59. The molecule has 3 heterocycles. The number of phenols is 5. The number of phenolic OH excluding ortho intramolecular Hbond substituents is 5. The molecule has 1 aliphatic carbocycles. The molecule has 4 aliphatic rings. The van der Waals surface area contributed by atoms with Crippen LogP contribution in [0.5, 0.6) is 40.2 Å². The molecule has 0 radical (unpaired) electrons. The summed E-state index contributed by atoms with van der Waals surface area (Å²) in [5.41, 5.74) is -0.482. The Hall–Kier alpha value is -6.72. The number of carboxylic acid groups (broad SMARTS) is 2. The van der Waals surface area contributed by atoms with Crippen molar-refractivity contribution in [2.75, 3.05) is 6.61 Å². The SMILES string of the molecule is O=C1/C=C/c2ccc(O)c(O)c2Oc2ccc(cc2O)[C@@H]2c3cc(O)c(O)cc3C=C(C(=O)O[C@@H]3C=C(C(=O)O)O[C@H]([C@@H](O)CO)[C@@H]3O1)[C@H]2C(=O)O. The average Bonchev–Trinajstić information content (AvgIpc) is 3.10. The number of benzene rings is 3. The van der Waals surface area contributed by atoms with Crippen molar-refractivity contribution in [2.24, 2.45) is 5.92 Å². The van der Waals surface area contributed by atoms with Crippen molar-refractivity contribution in [3.63, 3.8) is 0 Å². The molecule has 3 aliphatic heterocycles. The number of ether oxygens (including phenoxy) is 4. The van der Waals surface area contributed by atoms with Gasteiger partial charge < -0.3 is 64.9 Å². The quantitative estimate of drug-likeness (QED) is 0.137. The molecule has 0 saturated heterocycles. The molecule has 17 nitrogen and oxygen atoms in total. The van der Waals surface area contributed by atoms with E-state index in [0.717, 1.165) is 48.6 Å². The average molecular weight is 721 g/mol. The molecule has 0 fully saturated rings. The third kappa shape index (κ3) is 6.36. The van der Waals surface area contributed by atoms with Crippen molar-refractivity contribution >= 4 is 36.0 Å². The lowest BCUT2D eigenvalue weighted by Crippen LogP contribution is -2.53. The van der Waals surface area contributed by atoms with Gasteiger partial charge in [0.1, 0.15) is 6.10 Å². The van der Waals surface area contributed by atoms with Crippen LogP contribution in [0.3, 0.4) is 0 Å². The van der Waals surface area contributed by atoms with Crippen LogP contribution in [-0.2, 0) is 33.4 Å². The molecule has 17 heteroatoms. The van der Waals surface area contributed by atoms with Crippen LogP contribution < -0.4 is 4.74 Å². The number of aliphatic hydroxyl groups is 2. The first-order valence-corrected chi connectivity index (χ1v) is 15.2. The van der Waals surface area contributed by atoms with Crippen molar-refractivity contribution in [3.05, 3.63) is 88.2 Å². The highest BCUT2D eigenvalue weighted by atomic mass is 16.6. The number of carboxylic acids is 2. The van der Waals surface area contributed by atoms with Gasteiger partial charge in [-0.25, -0.2) is 14.4 Å². The first-order valence-electron chi connectivity index (χ1n) is 15.2. The smallest absolute Gasteiger partial charge is 0.370 e. The summed E-state index contributed by atoms with van der Waals surface area (Å²) in [6.45, 7) is -1.04. The second kappa shape index (κ2) is 13.5. The zero-order valence-corrected chi connectivity index (χ0v) is 26.3. The van der Waals surface area contributed by atoms with Gasteiger partial charge in [0.15, 0.2) is 52.8 Å². The van der Waals surface area contributed by atoms with Crippen LogP contribution in [0.2, 0.25) is 0 Å². The minimum atomic E-state index is -1.92. The lowest BCUT2D eigenvalue weighted by molar-refractivity contribution is -0.185. The van der Waals surface area contributed by atoms with Gasteiger partial charge in [-0.15, -0.1) is 0 Å². The van der Waals surface area contributed by atoms with E-state index in [0.29, 0.717) is 0 Å². The molecule has 0 amide bonds. The van der Waals surface area contributed by atoms with Crippen LogP contribution in [0, 0.1) is 5.92 Å². The zero-order valence-electron chi connectivity index (χ0n) is 26.3. The van der Waals surface area contributed by atoms with E-state index in [1.54, 1.807) is 0 Å². The Morgan fingerprint density at radius 3 is 2.21 bits per heavy atom. The van der Waals surface area contributed by atoms with E-state index in [2.05, 4.69) is 0 Å². The summed E-state index contributed by atoms with van der Waals surface area (Å²) in [5, 5.41) is 93.2. The van der Waals surface area contributed by atoms with Gasteiger partial charge in [-0.05, 0) is 65.2 Å². The number of aliphatic carboxylic acids is 2. The summed E-state index contributed by atoms with van der Waals surface area (Å²) in [7, 11) is 0. The topological polar surface area (TPSA) is 287 Å². The minimum Gasteiger partial charge on any atom is -0.504 e. The van der Waals surface area contributed by atoms with Crippen LogP contribution in [0.4, 0.5) is 0 Å². The van der Waals surface area contributed by atoms with E-state index < -0.39 is 113 Å². The molecule has 0 spiro atoms. The van der Waals surface area contributed by atoms with Gasteiger partial charge in [-0.3, -0.25) is 4.79 Å². The fourth-order valence-corrected chi connectivity index (χ4v) is 6.16. The number of hydrogen-bond acceptors (Lipinski definition) is 15. The highest BCUT2D eigenvalue weighted by molar-refractivity contribution is 6.02. The second-order valence-electron chi connectivity index (χ2n) is 11.8. The van der Waals surface area contributed by atoms with Gasteiger partial charge >= 0.3 is 23.9 Å². The summed E-state index contributed by atoms with van der Waals surface area (Å²) in [6, 6.07) is 7.97. The van der Waals surface area contributed by atoms with E-state index in [1.165, 1.54) is 18.2 Å². The molecule has 0 unspecified atom stereocenters. The van der Waals surface area contributed by atoms with Gasteiger partial charge in [-0.1, -0.05) is 6.07 Å². The third-order valence-electron chi connectivity index (χ3n) is 8.59. The summed E-state index contributed by atoms with van der Waals surface area (Å²) in [5.74, 6) is -14.2. The van der Waals surface area contributed by atoms with E-state index in [-0.39, 0.29) is 28.0 Å². The lowest BCUT2D eigenvalue weighted by Gasteiger charge is -2.37. The summed E-state index contributed by atoms with van der Waals surface area (Å²) in [6.07, 6.45) is -3.89. The summed E-state index contributed by atoms with van der Waals surface area (Å²) >= 11 is 0. The Morgan fingerprint density at radius 1 is 0.808 bits per heavy atom. The monoisotopic (exact) mass is 720 g/mol. The molecule has 6 atom stereocenters. The Labute approximate surface area is 291 Å². The van der Waals surface area contributed by atoms with Crippen LogP contribution in [0.1, 0.15) is 28.2 Å². The molecule has 3 aromatic carbocycles. The Balaban J connectivity index is 1.60. The van der Waals surface area contributed by atoms with Crippen LogP contribution >= 0.6 is 0 Å². The molecule has 52 heavy (non-hydrogen) atoms. The molecule has 4 bridgehead atoms. The number of rotatable bonds is 4. The van der Waals surface area contributed by atoms with Crippen LogP contribution in [0.15, 0.2) is 65.9 Å². The van der Waals surface area contributed by atoms with Crippen molar-refractivity contribution in [2.45, 2.75) is 30.3 Å².